The Balaban J connectivity index is -0.0000000577. The van der Waals surface area contributed by atoms with E-state index in [0.717, 1.165) is 12.8 Å². The zero-order chi connectivity index (χ0) is 22.0. The van der Waals surface area contributed by atoms with Crippen LogP contribution in [0.3, 0.4) is 0 Å². The molecule has 0 saturated carbocycles. The summed E-state index contributed by atoms with van der Waals surface area (Å²) in [4.78, 5) is 10.1. The smallest absolute Gasteiger partial charge is 0.303 e. The monoisotopic (exact) mass is 429 g/mol. The second kappa shape index (κ2) is 40.7. The second-order valence-electron chi connectivity index (χ2n) is 6.77. The molecular formula is C21H49O5Ti-. The number of rotatable bonds is 7. The van der Waals surface area contributed by atoms with Crippen molar-refractivity contribution in [2.75, 3.05) is 0 Å². The molecule has 0 aromatic rings. The number of aliphatic hydroxyl groups excluding tert-OH is 3. The van der Waals surface area contributed by atoms with Crippen LogP contribution >= 0.6 is 0 Å². The molecule has 0 radical (unpaired) electrons. The summed E-state index contributed by atoms with van der Waals surface area (Å²) in [5, 5.41) is 32.5. The maximum Gasteiger partial charge on any atom is 0.303 e. The second-order valence-corrected chi connectivity index (χ2v) is 6.77. The first-order valence-corrected chi connectivity index (χ1v) is 9.88. The van der Waals surface area contributed by atoms with E-state index in [9.17, 15) is 4.79 Å². The van der Waals surface area contributed by atoms with Crippen molar-refractivity contribution in [1.29, 1.82) is 0 Å². The zero-order valence-corrected chi connectivity index (χ0v) is 21.0. The summed E-state index contributed by atoms with van der Waals surface area (Å²) < 4.78 is 0. The van der Waals surface area contributed by atoms with E-state index in [1.807, 2.05) is 20.3 Å². The molecule has 0 rings (SSSR count). The number of hydrogen-bond donors (Lipinski definition) is 4. The first-order chi connectivity index (χ1) is 11.9. The van der Waals surface area contributed by atoms with E-state index >= 15 is 0 Å². The maximum atomic E-state index is 10.1. The van der Waals surface area contributed by atoms with E-state index in [4.69, 9.17) is 20.4 Å². The third-order valence-electron chi connectivity index (χ3n) is 1.74. The molecule has 0 unspecified atom stereocenters. The van der Waals surface area contributed by atoms with Crippen LogP contribution in [-0.4, -0.2) is 44.7 Å². The van der Waals surface area contributed by atoms with Gasteiger partial charge in [-0.15, -0.1) is 0 Å². The SMILES string of the molecule is CC(C)O.CC(C)O.CC(C)O.CCCCCCCCC(=O)O.C[CH-]C.[Ti]. The molecule has 0 aliphatic carbocycles. The summed E-state index contributed by atoms with van der Waals surface area (Å²) in [6.45, 7) is 16.5. The minimum Gasteiger partial charge on any atom is -0.481 e. The van der Waals surface area contributed by atoms with E-state index < -0.39 is 5.97 Å². The van der Waals surface area contributed by atoms with Gasteiger partial charge in [-0.3, -0.25) is 4.79 Å². The van der Waals surface area contributed by atoms with Gasteiger partial charge in [0, 0.05) is 46.5 Å². The molecule has 4 N–H and O–H groups in total. The van der Waals surface area contributed by atoms with Crippen LogP contribution in [0.2, 0.25) is 0 Å². The molecule has 168 valence electrons. The quantitative estimate of drug-likeness (QED) is 0.253. The van der Waals surface area contributed by atoms with Crippen molar-refractivity contribution in [1.82, 2.24) is 0 Å². The fraction of sp³-hybridized carbons (Fsp3) is 0.905. The molecule has 0 spiro atoms. The Morgan fingerprint density at radius 2 is 0.963 bits per heavy atom. The van der Waals surface area contributed by atoms with Gasteiger partial charge in [0.1, 0.15) is 0 Å². The number of aliphatic hydroxyl groups is 3. The van der Waals surface area contributed by atoms with Crippen molar-refractivity contribution in [3.63, 3.8) is 0 Å². The minimum atomic E-state index is -0.666. The fourth-order valence-corrected chi connectivity index (χ4v) is 1.06. The molecule has 5 nitrogen and oxygen atoms in total. The topological polar surface area (TPSA) is 98.0 Å². The van der Waals surface area contributed by atoms with Gasteiger partial charge in [0.05, 0.1) is 0 Å². The predicted molar refractivity (Wildman–Crippen MR) is 113 cm³/mol. The fourth-order valence-electron chi connectivity index (χ4n) is 1.06. The Bertz CT molecular complexity index is 200. The van der Waals surface area contributed by atoms with Gasteiger partial charge in [0.2, 0.25) is 0 Å². The van der Waals surface area contributed by atoms with E-state index in [2.05, 4.69) is 6.92 Å². The third-order valence-corrected chi connectivity index (χ3v) is 1.74. The average molecular weight is 429 g/mol. The van der Waals surface area contributed by atoms with Crippen molar-refractivity contribution in [2.24, 2.45) is 0 Å². The van der Waals surface area contributed by atoms with Crippen molar-refractivity contribution < 1.29 is 46.9 Å². The molecule has 0 bridgehead atoms. The molecule has 0 heterocycles. The van der Waals surface area contributed by atoms with Crippen LogP contribution in [0.25, 0.3) is 0 Å². The van der Waals surface area contributed by atoms with E-state index in [1.54, 1.807) is 41.5 Å². The van der Waals surface area contributed by atoms with E-state index in [-0.39, 0.29) is 40.0 Å². The van der Waals surface area contributed by atoms with Crippen molar-refractivity contribution >= 4 is 5.97 Å². The van der Waals surface area contributed by atoms with Crippen molar-refractivity contribution in [2.45, 2.75) is 126 Å². The van der Waals surface area contributed by atoms with Crippen LogP contribution in [0.15, 0.2) is 0 Å². The molecule has 0 aromatic carbocycles. The van der Waals surface area contributed by atoms with Gasteiger partial charge in [-0.05, 0) is 48.0 Å². The summed E-state index contributed by atoms with van der Waals surface area (Å²) in [7, 11) is 0. The number of unbranched alkanes of at least 4 members (excludes halogenated alkanes) is 5. The number of aliphatic carboxylic acids is 1. The molecule has 0 aliphatic heterocycles. The molecule has 0 saturated heterocycles. The summed E-state index contributed by atoms with van der Waals surface area (Å²) in [5.41, 5.74) is 0. The normalized spacial score (nSPS) is 8.70. The molecule has 0 fully saturated rings. The molecule has 0 amide bonds. The Kier molecular flexibility index (Phi) is 62.4. The van der Waals surface area contributed by atoms with E-state index in [1.165, 1.54) is 25.7 Å². The first-order valence-electron chi connectivity index (χ1n) is 9.88. The Labute approximate surface area is 184 Å². The molecule has 0 aliphatic rings. The molecule has 6 heteroatoms. The van der Waals surface area contributed by atoms with Gasteiger partial charge >= 0.3 is 5.97 Å². The van der Waals surface area contributed by atoms with Gasteiger partial charge in [-0.1, -0.05) is 39.0 Å². The molecule has 0 aromatic heterocycles. The Morgan fingerprint density at radius 3 is 1.19 bits per heavy atom. The maximum absolute atomic E-state index is 10.1. The molecule has 27 heavy (non-hydrogen) atoms. The predicted octanol–water partition coefficient (Wildman–Crippen LogP) is 5.21. The van der Waals surface area contributed by atoms with Gasteiger partial charge < -0.3 is 26.8 Å². The van der Waals surface area contributed by atoms with E-state index in [0.29, 0.717) is 6.42 Å². The average Bonchev–Trinajstić information content (AvgIpc) is 2.41. The zero-order valence-electron chi connectivity index (χ0n) is 19.5. The molecule has 0 atom stereocenters. The number of carbonyl (C=O) groups is 1. The number of carboxylic acid groups (broad SMARTS) is 1. The van der Waals surface area contributed by atoms with Gasteiger partial charge in [0.25, 0.3) is 0 Å². The van der Waals surface area contributed by atoms with Gasteiger partial charge in [-0.25, -0.2) is 0 Å². The summed E-state index contributed by atoms with van der Waals surface area (Å²) in [6, 6.07) is 0. The standard InChI is InChI=1S/C9H18O2.3C3H8O.C3H7.Ti/c1-2-3-4-5-6-7-8-9(10)11;3*1-3(2)4;1-3-2;/h2-8H2,1H3,(H,10,11);3*3-4H,1-2H3;3H,1-2H3;/q;;;;-1;. The van der Waals surface area contributed by atoms with Crippen molar-refractivity contribution in [3.8, 4) is 0 Å². The number of hydrogen-bond acceptors (Lipinski definition) is 4. The van der Waals surface area contributed by atoms with Crippen LogP contribution in [-0.2, 0) is 26.5 Å². The Hall–Kier alpha value is 0.0643. The largest absolute Gasteiger partial charge is 0.481 e. The number of carboxylic acids is 1. The van der Waals surface area contributed by atoms with Crippen LogP contribution in [0.5, 0.6) is 0 Å². The van der Waals surface area contributed by atoms with Crippen LogP contribution in [0.4, 0.5) is 0 Å². The Morgan fingerprint density at radius 1 is 0.741 bits per heavy atom. The van der Waals surface area contributed by atoms with Crippen LogP contribution in [0.1, 0.15) is 107 Å². The van der Waals surface area contributed by atoms with Gasteiger partial charge in [-0.2, -0.15) is 13.8 Å². The summed E-state index contributed by atoms with van der Waals surface area (Å²) >= 11 is 0. The van der Waals surface area contributed by atoms with Crippen LogP contribution in [0, 0.1) is 6.42 Å². The summed E-state index contributed by atoms with van der Waals surface area (Å²) in [6.07, 6.45) is 8.75. The third kappa shape index (κ3) is 232. The molecular weight excluding hydrogens is 380 g/mol. The first kappa shape index (κ1) is 41.4. The van der Waals surface area contributed by atoms with Gasteiger partial charge in [0.15, 0.2) is 0 Å². The summed E-state index contributed by atoms with van der Waals surface area (Å²) in [5.74, 6) is -0.666. The van der Waals surface area contributed by atoms with Crippen molar-refractivity contribution in [3.05, 3.63) is 6.42 Å². The minimum absolute atomic E-state index is 0. The van der Waals surface area contributed by atoms with Crippen LogP contribution < -0.4 is 0 Å².